The second-order valence-electron chi connectivity index (χ2n) is 6.10. The van der Waals surface area contributed by atoms with Crippen LogP contribution in [0.4, 0.5) is 11.6 Å². The van der Waals surface area contributed by atoms with Crippen LogP contribution in [0.2, 0.25) is 0 Å². The summed E-state index contributed by atoms with van der Waals surface area (Å²) in [7, 11) is 0. The molecule has 1 aliphatic heterocycles. The van der Waals surface area contributed by atoms with Crippen LogP contribution in [0.5, 0.6) is 0 Å². The summed E-state index contributed by atoms with van der Waals surface area (Å²) in [6.45, 7) is 12.8. The van der Waals surface area contributed by atoms with Gasteiger partial charge in [-0.25, -0.2) is 9.97 Å². The summed E-state index contributed by atoms with van der Waals surface area (Å²) in [6.07, 6.45) is 0. The van der Waals surface area contributed by atoms with Crippen molar-refractivity contribution in [2.75, 3.05) is 29.5 Å². The fourth-order valence-corrected chi connectivity index (χ4v) is 3.41. The van der Waals surface area contributed by atoms with E-state index in [1.807, 2.05) is 18.7 Å². The summed E-state index contributed by atoms with van der Waals surface area (Å²) in [5.41, 5.74) is 7.06. The van der Waals surface area contributed by atoms with Crippen LogP contribution >= 0.6 is 11.8 Å². The molecule has 0 saturated carbocycles. The van der Waals surface area contributed by atoms with Gasteiger partial charge in [-0.2, -0.15) is 11.8 Å². The first-order valence-electron chi connectivity index (χ1n) is 6.83. The van der Waals surface area contributed by atoms with Gasteiger partial charge in [0, 0.05) is 35.1 Å². The van der Waals surface area contributed by atoms with Crippen molar-refractivity contribution in [3.8, 4) is 0 Å². The number of hydrogen-bond donors (Lipinski definition) is 1. The molecule has 1 saturated heterocycles. The van der Waals surface area contributed by atoms with Gasteiger partial charge in [0.25, 0.3) is 0 Å². The van der Waals surface area contributed by atoms with Gasteiger partial charge in [-0.15, -0.1) is 0 Å². The average molecular weight is 280 g/mol. The van der Waals surface area contributed by atoms with Gasteiger partial charge in [-0.05, 0) is 20.8 Å². The molecule has 1 aromatic rings. The van der Waals surface area contributed by atoms with Crippen molar-refractivity contribution in [3.05, 3.63) is 11.4 Å². The summed E-state index contributed by atoms with van der Waals surface area (Å²) >= 11 is 2.02. The maximum Gasteiger partial charge on any atom is 0.137 e. The van der Waals surface area contributed by atoms with E-state index in [0.717, 1.165) is 36.0 Å². The highest BCUT2D eigenvalue weighted by molar-refractivity contribution is 8.00. The fraction of sp³-hybridized carbons (Fsp3) is 0.714. The Morgan fingerprint density at radius 1 is 1.32 bits per heavy atom. The Morgan fingerprint density at radius 3 is 2.58 bits per heavy atom. The quantitative estimate of drug-likeness (QED) is 0.903. The number of rotatable bonds is 2. The maximum atomic E-state index is 6.05. The van der Waals surface area contributed by atoms with Crippen LogP contribution in [-0.2, 0) is 0 Å². The molecule has 1 aromatic heterocycles. The molecule has 5 heteroatoms. The van der Waals surface area contributed by atoms with E-state index in [9.17, 15) is 0 Å². The highest BCUT2D eigenvalue weighted by atomic mass is 32.2. The van der Waals surface area contributed by atoms with Gasteiger partial charge in [0.1, 0.15) is 17.5 Å². The van der Waals surface area contributed by atoms with Crippen molar-refractivity contribution in [2.45, 2.75) is 45.3 Å². The second kappa shape index (κ2) is 5.19. The van der Waals surface area contributed by atoms with Crippen LogP contribution in [0.1, 0.15) is 45.0 Å². The van der Waals surface area contributed by atoms with Crippen molar-refractivity contribution < 1.29 is 0 Å². The Hall–Kier alpha value is -0.970. The number of thioether (sulfide) groups is 1. The molecule has 0 aliphatic carbocycles. The summed E-state index contributed by atoms with van der Waals surface area (Å²) in [5, 5.41) is 0. The zero-order chi connectivity index (χ0) is 14.2. The third kappa shape index (κ3) is 3.14. The lowest BCUT2D eigenvalue weighted by Gasteiger charge is -2.39. The Bertz CT molecular complexity index is 471. The molecule has 2 N–H and O–H groups in total. The molecule has 0 amide bonds. The number of hydrogen-bond acceptors (Lipinski definition) is 5. The number of nitrogens with two attached hydrogens (primary N) is 1. The van der Waals surface area contributed by atoms with Crippen molar-refractivity contribution in [2.24, 2.45) is 0 Å². The second-order valence-corrected chi connectivity index (χ2v) is 7.90. The number of aromatic nitrogens is 2. The minimum absolute atomic E-state index is 0.266. The van der Waals surface area contributed by atoms with E-state index in [2.05, 4.69) is 37.6 Å². The Kier molecular flexibility index (Phi) is 3.95. The monoisotopic (exact) mass is 280 g/mol. The van der Waals surface area contributed by atoms with Gasteiger partial charge in [-0.1, -0.05) is 13.8 Å². The Labute approximate surface area is 120 Å². The van der Waals surface area contributed by atoms with Gasteiger partial charge in [0.2, 0.25) is 0 Å². The predicted octanol–water partition coefficient (Wildman–Crippen LogP) is 2.82. The topological polar surface area (TPSA) is 55.0 Å². The smallest absolute Gasteiger partial charge is 0.137 e. The minimum Gasteiger partial charge on any atom is -0.383 e. The van der Waals surface area contributed by atoms with Crippen LogP contribution < -0.4 is 10.6 Å². The molecule has 2 heterocycles. The normalized spacial score (nSPS) is 18.9. The highest BCUT2D eigenvalue weighted by Gasteiger charge is 2.29. The molecule has 1 aliphatic rings. The molecule has 2 rings (SSSR count). The molecule has 1 fully saturated rings. The summed E-state index contributed by atoms with van der Waals surface area (Å²) < 4.78 is 0.266. The Morgan fingerprint density at radius 2 is 2.00 bits per heavy atom. The van der Waals surface area contributed by atoms with Crippen LogP contribution in [-0.4, -0.2) is 33.6 Å². The molecule has 0 unspecified atom stereocenters. The van der Waals surface area contributed by atoms with Crippen LogP contribution in [0.15, 0.2) is 0 Å². The van der Waals surface area contributed by atoms with E-state index in [4.69, 9.17) is 10.7 Å². The van der Waals surface area contributed by atoms with Gasteiger partial charge < -0.3 is 10.6 Å². The van der Waals surface area contributed by atoms with E-state index in [-0.39, 0.29) is 4.75 Å². The predicted molar refractivity (Wildman–Crippen MR) is 84.0 cm³/mol. The minimum atomic E-state index is 0.266. The number of nitrogen functional groups attached to an aromatic ring is 1. The standard InChI is InChI=1S/C14H24N4S/c1-9(2)12-16-11(15)10(3)13(17-12)18-6-7-19-14(4,5)8-18/h9H,6-8H2,1-5H3,(H2,15,16,17). The largest absolute Gasteiger partial charge is 0.383 e. The highest BCUT2D eigenvalue weighted by Crippen LogP contribution is 2.33. The van der Waals surface area contributed by atoms with Crippen molar-refractivity contribution >= 4 is 23.4 Å². The molecule has 0 spiro atoms. The zero-order valence-electron chi connectivity index (χ0n) is 12.5. The van der Waals surface area contributed by atoms with Crippen LogP contribution in [0.25, 0.3) is 0 Å². The number of anilines is 2. The summed E-state index contributed by atoms with van der Waals surface area (Å²) in [6, 6.07) is 0. The van der Waals surface area contributed by atoms with Crippen molar-refractivity contribution in [3.63, 3.8) is 0 Å². The third-order valence-electron chi connectivity index (χ3n) is 3.42. The lowest BCUT2D eigenvalue weighted by Crippen LogP contribution is -2.44. The number of nitrogens with zero attached hydrogens (tertiary/aromatic N) is 3. The first-order valence-corrected chi connectivity index (χ1v) is 7.81. The lowest BCUT2D eigenvalue weighted by molar-refractivity contribution is 0.636. The molecule has 19 heavy (non-hydrogen) atoms. The van der Waals surface area contributed by atoms with Crippen LogP contribution in [0.3, 0.4) is 0 Å². The zero-order valence-corrected chi connectivity index (χ0v) is 13.3. The average Bonchev–Trinajstić information content (AvgIpc) is 2.30. The molecular weight excluding hydrogens is 256 g/mol. The molecule has 0 aromatic carbocycles. The first kappa shape index (κ1) is 14.4. The molecule has 106 valence electrons. The lowest BCUT2D eigenvalue weighted by atomic mass is 10.1. The van der Waals surface area contributed by atoms with E-state index in [0.29, 0.717) is 11.7 Å². The van der Waals surface area contributed by atoms with Gasteiger partial charge in [-0.3, -0.25) is 0 Å². The SMILES string of the molecule is Cc1c(N)nc(C(C)C)nc1N1CCSC(C)(C)C1. The molecule has 0 bridgehead atoms. The summed E-state index contributed by atoms with van der Waals surface area (Å²) in [5.74, 6) is 3.91. The van der Waals surface area contributed by atoms with Crippen LogP contribution in [0, 0.1) is 6.92 Å². The Balaban J connectivity index is 2.38. The first-order chi connectivity index (χ1) is 8.80. The molecular formula is C14H24N4S. The molecule has 4 nitrogen and oxygen atoms in total. The molecule has 0 atom stereocenters. The fourth-order valence-electron chi connectivity index (χ4n) is 2.30. The van der Waals surface area contributed by atoms with Gasteiger partial charge >= 0.3 is 0 Å². The van der Waals surface area contributed by atoms with E-state index in [1.165, 1.54) is 0 Å². The van der Waals surface area contributed by atoms with E-state index < -0.39 is 0 Å². The van der Waals surface area contributed by atoms with E-state index in [1.54, 1.807) is 0 Å². The van der Waals surface area contributed by atoms with Crippen molar-refractivity contribution in [1.29, 1.82) is 0 Å². The summed E-state index contributed by atoms with van der Waals surface area (Å²) in [4.78, 5) is 11.5. The van der Waals surface area contributed by atoms with Gasteiger partial charge in [0.15, 0.2) is 0 Å². The third-order valence-corrected chi connectivity index (χ3v) is 4.71. The van der Waals surface area contributed by atoms with E-state index >= 15 is 0 Å². The molecule has 0 radical (unpaired) electrons. The van der Waals surface area contributed by atoms with Crippen molar-refractivity contribution in [1.82, 2.24) is 9.97 Å². The van der Waals surface area contributed by atoms with Gasteiger partial charge in [0.05, 0.1) is 0 Å². The maximum absolute atomic E-state index is 6.05.